The van der Waals surface area contributed by atoms with Crippen LogP contribution in [0.3, 0.4) is 0 Å². The van der Waals surface area contributed by atoms with E-state index in [-0.39, 0.29) is 22.7 Å². The topological polar surface area (TPSA) is 120 Å². The average molecular weight is 232 g/mol. The van der Waals surface area contributed by atoms with Crippen LogP contribution in [0.1, 0.15) is 5.69 Å². The molecule has 0 atom stereocenters. The normalized spacial score (nSPS) is 10.4. The second-order valence-corrected chi connectivity index (χ2v) is 3.45. The Labute approximate surface area is 94.6 Å². The maximum absolute atomic E-state index is 11.8. The molecule has 0 aliphatic rings. The summed E-state index contributed by atoms with van der Waals surface area (Å²) in [6.07, 6.45) is 0. The summed E-state index contributed by atoms with van der Waals surface area (Å²) < 4.78 is 2.05. The van der Waals surface area contributed by atoms with Crippen molar-refractivity contribution in [3.05, 3.63) is 26.5 Å². The van der Waals surface area contributed by atoms with Gasteiger partial charge in [-0.2, -0.15) is 5.26 Å². The van der Waals surface area contributed by atoms with Gasteiger partial charge < -0.3 is 5.73 Å². The number of nitrogen functional groups attached to an aromatic ring is 1. The average Bonchev–Trinajstić information content (AvgIpc) is 2.33. The van der Waals surface area contributed by atoms with Gasteiger partial charge in [-0.25, -0.2) is 14.8 Å². The van der Waals surface area contributed by atoms with Crippen LogP contribution in [0.15, 0.2) is 9.59 Å². The second kappa shape index (κ2) is 3.41. The van der Waals surface area contributed by atoms with E-state index < -0.39 is 11.2 Å². The van der Waals surface area contributed by atoms with Crippen LogP contribution in [0.5, 0.6) is 0 Å². The minimum absolute atomic E-state index is 0.0552. The summed E-state index contributed by atoms with van der Waals surface area (Å²) in [4.78, 5) is 31.1. The van der Waals surface area contributed by atoms with Gasteiger partial charge in [0.25, 0.3) is 5.56 Å². The number of aromatic nitrogens is 4. The van der Waals surface area contributed by atoms with Crippen molar-refractivity contribution in [2.75, 3.05) is 5.73 Å². The summed E-state index contributed by atoms with van der Waals surface area (Å²) in [5.41, 5.74) is 4.23. The van der Waals surface area contributed by atoms with Crippen molar-refractivity contribution in [2.45, 2.75) is 0 Å². The SMILES string of the molecule is Cn1c(=O)c2nc(C#N)c(N)nc2n(C)c1=O. The monoisotopic (exact) mass is 232 g/mol. The lowest BCUT2D eigenvalue weighted by Crippen LogP contribution is -2.38. The highest BCUT2D eigenvalue weighted by molar-refractivity contribution is 5.72. The molecule has 0 aromatic carbocycles. The summed E-state index contributed by atoms with van der Waals surface area (Å²) in [7, 11) is 2.78. The number of hydrogen-bond donors (Lipinski definition) is 1. The van der Waals surface area contributed by atoms with Crippen molar-refractivity contribution >= 4 is 17.0 Å². The molecule has 17 heavy (non-hydrogen) atoms. The van der Waals surface area contributed by atoms with Gasteiger partial charge in [-0.05, 0) is 0 Å². The highest BCUT2D eigenvalue weighted by Crippen LogP contribution is 2.08. The molecule has 0 spiro atoms. The fourth-order valence-electron chi connectivity index (χ4n) is 1.46. The molecule has 0 aliphatic heterocycles. The second-order valence-electron chi connectivity index (χ2n) is 3.45. The molecule has 2 aromatic rings. The van der Waals surface area contributed by atoms with Crippen molar-refractivity contribution < 1.29 is 0 Å². The summed E-state index contributed by atoms with van der Waals surface area (Å²) in [5, 5.41) is 8.75. The van der Waals surface area contributed by atoms with Gasteiger partial charge in [-0.3, -0.25) is 13.9 Å². The minimum Gasteiger partial charge on any atom is -0.381 e. The minimum atomic E-state index is -0.605. The van der Waals surface area contributed by atoms with E-state index in [9.17, 15) is 9.59 Å². The molecule has 0 saturated carbocycles. The Morgan fingerprint density at radius 3 is 2.47 bits per heavy atom. The molecule has 0 bridgehead atoms. The molecular weight excluding hydrogens is 224 g/mol. The number of rotatable bonds is 0. The fraction of sp³-hybridized carbons (Fsp3) is 0.222. The van der Waals surface area contributed by atoms with Gasteiger partial charge in [0.2, 0.25) is 0 Å². The first-order valence-electron chi connectivity index (χ1n) is 4.60. The Morgan fingerprint density at radius 2 is 1.88 bits per heavy atom. The van der Waals surface area contributed by atoms with Gasteiger partial charge in [0.15, 0.2) is 22.7 Å². The van der Waals surface area contributed by atoms with Crippen LogP contribution in [-0.4, -0.2) is 19.1 Å². The number of nitrogens with two attached hydrogens (primary N) is 1. The molecule has 0 radical (unpaired) electrons. The summed E-state index contributed by atoms with van der Waals surface area (Å²) in [6, 6.07) is 1.73. The number of anilines is 1. The van der Waals surface area contributed by atoms with Crippen molar-refractivity contribution in [3.8, 4) is 6.07 Å². The third-order valence-corrected chi connectivity index (χ3v) is 2.41. The van der Waals surface area contributed by atoms with Crippen LogP contribution in [0.25, 0.3) is 11.2 Å². The number of aryl methyl sites for hydroxylation is 1. The first-order valence-corrected chi connectivity index (χ1v) is 4.60. The van der Waals surface area contributed by atoms with Crippen LogP contribution >= 0.6 is 0 Å². The predicted octanol–water partition coefficient (Wildman–Crippen LogP) is -1.52. The molecule has 8 heteroatoms. The van der Waals surface area contributed by atoms with Crippen LogP contribution < -0.4 is 17.0 Å². The van der Waals surface area contributed by atoms with E-state index in [1.165, 1.54) is 14.1 Å². The summed E-state index contributed by atoms with van der Waals surface area (Å²) in [6.45, 7) is 0. The number of fused-ring (bicyclic) bond motifs is 1. The molecule has 0 saturated heterocycles. The molecule has 2 N–H and O–H groups in total. The highest BCUT2D eigenvalue weighted by Gasteiger charge is 2.13. The Bertz CT molecular complexity index is 779. The molecule has 0 fully saturated rings. The Kier molecular flexibility index (Phi) is 2.17. The Hall–Kier alpha value is -2.69. The largest absolute Gasteiger partial charge is 0.381 e. The molecule has 2 heterocycles. The zero-order valence-corrected chi connectivity index (χ0v) is 9.13. The summed E-state index contributed by atoms with van der Waals surface area (Å²) in [5.74, 6) is -0.108. The molecule has 2 rings (SSSR count). The van der Waals surface area contributed by atoms with E-state index in [0.29, 0.717) is 0 Å². The van der Waals surface area contributed by atoms with E-state index in [1.54, 1.807) is 6.07 Å². The first kappa shape index (κ1) is 10.8. The Balaban J connectivity index is 3.14. The lowest BCUT2D eigenvalue weighted by molar-refractivity contribution is 0.704. The Morgan fingerprint density at radius 1 is 1.24 bits per heavy atom. The number of hydrogen-bond acceptors (Lipinski definition) is 6. The van der Waals surface area contributed by atoms with E-state index in [4.69, 9.17) is 11.0 Å². The molecule has 0 aliphatic carbocycles. The highest BCUT2D eigenvalue weighted by atomic mass is 16.2. The maximum atomic E-state index is 11.8. The van der Waals surface area contributed by atoms with Crippen molar-refractivity contribution in [1.82, 2.24) is 19.1 Å². The lowest BCUT2D eigenvalue weighted by atomic mass is 10.4. The molecule has 86 valence electrons. The van der Waals surface area contributed by atoms with Crippen molar-refractivity contribution in [3.63, 3.8) is 0 Å². The van der Waals surface area contributed by atoms with E-state index >= 15 is 0 Å². The van der Waals surface area contributed by atoms with Gasteiger partial charge in [0.05, 0.1) is 0 Å². The fourth-order valence-corrected chi connectivity index (χ4v) is 1.46. The lowest BCUT2D eigenvalue weighted by Gasteiger charge is -2.06. The zero-order valence-electron chi connectivity index (χ0n) is 9.13. The smallest absolute Gasteiger partial charge is 0.332 e. The van der Waals surface area contributed by atoms with E-state index in [1.807, 2.05) is 0 Å². The number of nitrogens with zero attached hydrogens (tertiary/aromatic N) is 5. The van der Waals surface area contributed by atoms with Gasteiger partial charge >= 0.3 is 5.69 Å². The van der Waals surface area contributed by atoms with E-state index in [0.717, 1.165) is 9.13 Å². The molecule has 0 unspecified atom stereocenters. The van der Waals surface area contributed by atoms with Crippen molar-refractivity contribution in [2.24, 2.45) is 14.1 Å². The van der Waals surface area contributed by atoms with Crippen molar-refractivity contribution in [1.29, 1.82) is 5.26 Å². The summed E-state index contributed by atoms with van der Waals surface area (Å²) >= 11 is 0. The maximum Gasteiger partial charge on any atom is 0.332 e. The standard InChI is InChI=1S/C9H8N6O2/c1-14-7-5(8(16)15(2)9(14)17)12-4(3-10)6(11)13-7/h1-2H3,(H2,11,13). The van der Waals surface area contributed by atoms with Crippen LogP contribution in [-0.2, 0) is 14.1 Å². The third kappa shape index (κ3) is 1.37. The van der Waals surface area contributed by atoms with Gasteiger partial charge in [0, 0.05) is 14.1 Å². The third-order valence-electron chi connectivity index (χ3n) is 2.41. The molecule has 0 amide bonds. The molecule has 8 nitrogen and oxygen atoms in total. The van der Waals surface area contributed by atoms with Crippen LogP contribution in [0.4, 0.5) is 5.82 Å². The van der Waals surface area contributed by atoms with Crippen LogP contribution in [0.2, 0.25) is 0 Å². The van der Waals surface area contributed by atoms with Crippen LogP contribution in [0, 0.1) is 11.3 Å². The molecule has 2 aromatic heterocycles. The van der Waals surface area contributed by atoms with Gasteiger partial charge in [0.1, 0.15) is 6.07 Å². The van der Waals surface area contributed by atoms with Gasteiger partial charge in [-0.1, -0.05) is 0 Å². The quantitative estimate of drug-likeness (QED) is 0.589. The van der Waals surface area contributed by atoms with E-state index in [2.05, 4.69) is 9.97 Å². The predicted molar refractivity (Wildman–Crippen MR) is 59.1 cm³/mol. The first-order chi connectivity index (χ1) is 7.97. The zero-order chi connectivity index (χ0) is 12.7. The molecular formula is C9H8N6O2. The van der Waals surface area contributed by atoms with Gasteiger partial charge in [-0.15, -0.1) is 0 Å². The number of nitriles is 1.